The number of benzene rings is 1. The van der Waals surface area contributed by atoms with Crippen LogP contribution in [0, 0.1) is 0 Å². The lowest BCUT2D eigenvalue weighted by Crippen LogP contribution is -1.84. The van der Waals surface area contributed by atoms with Gasteiger partial charge < -0.3 is 5.73 Å². The summed E-state index contributed by atoms with van der Waals surface area (Å²) in [5, 5.41) is 3.16. The molecule has 2 nitrogen and oxygen atoms in total. The first-order valence-corrected chi connectivity index (χ1v) is 5.88. The predicted octanol–water partition coefficient (Wildman–Crippen LogP) is 3.81. The standard InChI is InChI=1S/C9H6BrClN2S/c10-7-2-1-5(11)3-6(7)8-4-14-9(12)13-8/h1-4H,(H2,12,13). The topological polar surface area (TPSA) is 38.9 Å². The van der Waals surface area contributed by atoms with Crippen molar-refractivity contribution in [3.63, 3.8) is 0 Å². The molecule has 2 aromatic rings. The quantitative estimate of drug-likeness (QED) is 0.867. The molecule has 0 spiro atoms. The zero-order valence-corrected chi connectivity index (χ0v) is 10.2. The Morgan fingerprint density at radius 2 is 2.21 bits per heavy atom. The average Bonchev–Trinajstić information content (AvgIpc) is 2.56. The van der Waals surface area contributed by atoms with Crippen molar-refractivity contribution in [2.75, 3.05) is 5.73 Å². The highest BCUT2D eigenvalue weighted by molar-refractivity contribution is 9.10. The third-order valence-electron chi connectivity index (χ3n) is 1.73. The Labute approximate surface area is 98.9 Å². The van der Waals surface area contributed by atoms with Crippen LogP contribution >= 0.6 is 38.9 Å². The van der Waals surface area contributed by atoms with Crippen molar-refractivity contribution in [2.24, 2.45) is 0 Å². The lowest BCUT2D eigenvalue weighted by molar-refractivity contribution is 1.40. The lowest BCUT2D eigenvalue weighted by Gasteiger charge is -2.00. The molecule has 0 aliphatic heterocycles. The van der Waals surface area contributed by atoms with Gasteiger partial charge in [0.1, 0.15) is 0 Å². The molecule has 1 heterocycles. The number of nitrogen functional groups attached to an aromatic ring is 1. The molecular formula is C9H6BrClN2S. The SMILES string of the molecule is Nc1nc(-c2cc(Cl)ccc2Br)cs1. The van der Waals surface area contributed by atoms with Crippen molar-refractivity contribution in [1.82, 2.24) is 4.98 Å². The number of thiazole rings is 1. The second-order valence-electron chi connectivity index (χ2n) is 2.70. The van der Waals surface area contributed by atoms with Crippen LogP contribution in [-0.4, -0.2) is 4.98 Å². The van der Waals surface area contributed by atoms with Crippen molar-refractivity contribution in [2.45, 2.75) is 0 Å². The van der Waals surface area contributed by atoms with E-state index in [0.29, 0.717) is 10.2 Å². The maximum Gasteiger partial charge on any atom is 0.180 e. The molecule has 5 heteroatoms. The Bertz CT molecular complexity index is 470. The van der Waals surface area contributed by atoms with Crippen LogP contribution in [0.25, 0.3) is 11.3 Å². The number of rotatable bonds is 1. The van der Waals surface area contributed by atoms with Crippen LogP contribution in [0.4, 0.5) is 5.13 Å². The van der Waals surface area contributed by atoms with E-state index in [4.69, 9.17) is 17.3 Å². The Balaban J connectivity index is 2.55. The Morgan fingerprint density at radius 1 is 1.43 bits per heavy atom. The maximum absolute atomic E-state index is 5.90. The Kier molecular flexibility index (Phi) is 2.76. The van der Waals surface area contributed by atoms with E-state index in [9.17, 15) is 0 Å². The molecule has 0 amide bonds. The number of aromatic nitrogens is 1. The van der Waals surface area contributed by atoms with Gasteiger partial charge >= 0.3 is 0 Å². The molecule has 0 saturated heterocycles. The summed E-state index contributed by atoms with van der Waals surface area (Å²) in [7, 11) is 0. The summed E-state index contributed by atoms with van der Waals surface area (Å²) in [4.78, 5) is 4.19. The van der Waals surface area contributed by atoms with E-state index in [2.05, 4.69) is 20.9 Å². The number of nitrogens with zero attached hydrogens (tertiary/aromatic N) is 1. The monoisotopic (exact) mass is 288 g/mol. The Hall–Kier alpha value is -0.580. The molecular weight excluding hydrogens is 284 g/mol. The molecule has 2 rings (SSSR count). The first kappa shape index (κ1) is 9.96. The molecule has 0 unspecified atom stereocenters. The summed E-state index contributed by atoms with van der Waals surface area (Å²) < 4.78 is 0.965. The van der Waals surface area contributed by atoms with Gasteiger partial charge in [-0.1, -0.05) is 27.5 Å². The van der Waals surface area contributed by atoms with Crippen LogP contribution in [0.15, 0.2) is 28.1 Å². The van der Waals surface area contributed by atoms with Gasteiger partial charge in [-0.2, -0.15) is 0 Å². The van der Waals surface area contributed by atoms with Crippen molar-refractivity contribution in [1.29, 1.82) is 0 Å². The minimum absolute atomic E-state index is 0.562. The molecule has 0 radical (unpaired) electrons. The van der Waals surface area contributed by atoms with Gasteiger partial charge in [0.25, 0.3) is 0 Å². The largest absolute Gasteiger partial charge is 0.375 e. The molecule has 0 aliphatic rings. The average molecular weight is 290 g/mol. The van der Waals surface area contributed by atoms with Crippen LogP contribution in [-0.2, 0) is 0 Å². The highest BCUT2D eigenvalue weighted by Gasteiger charge is 2.07. The Morgan fingerprint density at radius 3 is 2.86 bits per heavy atom. The molecule has 0 bridgehead atoms. The fourth-order valence-corrected chi connectivity index (χ4v) is 2.29. The first-order valence-electron chi connectivity index (χ1n) is 3.83. The third-order valence-corrected chi connectivity index (χ3v) is 3.33. The minimum Gasteiger partial charge on any atom is -0.375 e. The van der Waals surface area contributed by atoms with E-state index in [1.807, 2.05) is 23.6 Å². The molecule has 0 fully saturated rings. The van der Waals surface area contributed by atoms with Gasteiger partial charge in [0.2, 0.25) is 0 Å². The summed E-state index contributed by atoms with van der Waals surface area (Å²) in [6.07, 6.45) is 0. The van der Waals surface area contributed by atoms with Gasteiger partial charge in [0.05, 0.1) is 5.69 Å². The van der Waals surface area contributed by atoms with Crippen molar-refractivity contribution in [3.8, 4) is 11.3 Å². The van der Waals surface area contributed by atoms with E-state index in [-0.39, 0.29) is 0 Å². The van der Waals surface area contributed by atoms with Gasteiger partial charge in [0, 0.05) is 20.4 Å². The van der Waals surface area contributed by atoms with Gasteiger partial charge in [-0.05, 0) is 18.2 Å². The summed E-state index contributed by atoms with van der Waals surface area (Å²) in [6.45, 7) is 0. The highest BCUT2D eigenvalue weighted by Crippen LogP contribution is 2.31. The van der Waals surface area contributed by atoms with Crippen molar-refractivity contribution in [3.05, 3.63) is 33.1 Å². The molecule has 0 aliphatic carbocycles. The fourth-order valence-electron chi connectivity index (χ4n) is 1.11. The van der Waals surface area contributed by atoms with Crippen LogP contribution in [0.3, 0.4) is 0 Å². The van der Waals surface area contributed by atoms with Crippen molar-refractivity contribution >= 4 is 44.0 Å². The second kappa shape index (κ2) is 3.88. The molecule has 14 heavy (non-hydrogen) atoms. The van der Waals surface area contributed by atoms with Gasteiger partial charge in [-0.3, -0.25) is 0 Å². The smallest absolute Gasteiger partial charge is 0.180 e. The van der Waals surface area contributed by atoms with E-state index < -0.39 is 0 Å². The maximum atomic E-state index is 5.90. The number of hydrogen-bond acceptors (Lipinski definition) is 3. The minimum atomic E-state index is 0.562. The summed E-state index contributed by atoms with van der Waals surface area (Å²) >= 11 is 10.8. The molecule has 0 saturated carbocycles. The first-order chi connectivity index (χ1) is 6.66. The molecule has 1 aromatic heterocycles. The van der Waals surface area contributed by atoms with Gasteiger partial charge in [0.15, 0.2) is 5.13 Å². The summed E-state index contributed by atoms with van der Waals surface area (Å²) in [5.74, 6) is 0. The highest BCUT2D eigenvalue weighted by atomic mass is 79.9. The normalized spacial score (nSPS) is 10.4. The zero-order chi connectivity index (χ0) is 10.1. The van der Waals surface area contributed by atoms with Crippen LogP contribution in [0.2, 0.25) is 5.02 Å². The number of halogens is 2. The van der Waals surface area contributed by atoms with Crippen LogP contribution in [0.5, 0.6) is 0 Å². The fraction of sp³-hybridized carbons (Fsp3) is 0. The summed E-state index contributed by atoms with van der Waals surface area (Å²) in [6, 6.07) is 5.58. The number of hydrogen-bond donors (Lipinski definition) is 1. The van der Waals surface area contributed by atoms with Crippen molar-refractivity contribution < 1.29 is 0 Å². The van der Waals surface area contributed by atoms with E-state index in [1.54, 1.807) is 0 Å². The molecule has 2 N–H and O–H groups in total. The van der Waals surface area contributed by atoms with E-state index >= 15 is 0 Å². The lowest BCUT2D eigenvalue weighted by atomic mass is 10.2. The second-order valence-corrected chi connectivity index (χ2v) is 4.88. The third kappa shape index (κ3) is 1.92. The molecule has 1 aromatic carbocycles. The van der Waals surface area contributed by atoms with Crippen LogP contribution < -0.4 is 5.73 Å². The van der Waals surface area contributed by atoms with Crippen LogP contribution in [0.1, 0.15) is 0 Å². The number of nitrogens with two attached hydrogens (primary N) is 1. The zero-order valence-electron chi connectivity index (χ0n) is 7.00. The van der Waals surface area contributed by atoms with Gasteiger partial charge in [-0.25, -0.2) is 4.98 Å². The predicted molar refractivity (Wildman–Crippen MR) is 64.7 cm³/mol. The van der Waals surface area contributed by atoms with E-state index in [0.717, 1.165) is 15.7 Å². The number of anilines is 1. The molecule has 72 valence electrons. The van der Waals surface area contributed by atoms with Gasteiger partial charge in [-0.15, -0.1) is 11.3 Å². The molecule has 0 atom stereocenters. The van der Waals surface area contributed by atoms with E-state index in [1.165, 1.54) is 11.3 Å². The summed E-state index contributed by atoms with van der Waals surface area (Å²) in [5.41, 5.74) is 7.38.